The van der Waals surface area contributed by atoms with Gasteiger partial charge in [0.2, 0.25) is 0 Å². The highest BCUT2D eigenvalue weighted by atomic mass is 127. The van der Waals surface area contributed by atoms with Crippen molar-refractivity contribution in [3.63, 3.8) is 0 Å². The van der Waals surface area contributed by atoms with Crippen LogP contribution in [0.25, 0.3) is 11.4 Å². The van der Waals surface area contributed by atoms with E-state index >= 15 is 0 Å². The summed E-state index contributed by atoms with van der Waals surface area (Å²) in [5.41, 5.74) is 8.63. The van der Waals surface area contributed by atoms with Crippen LogP contribution in [0.1, 0.15) is 11.3 Å². The van der Waals surface area contributed by atoms with E-state index in [9.17, 15) is 0 Å². The third kappa shape index (κ3) is 2.52. The second kappa shape index (κ2) is 4.78. The molecule has 0 saturated carbocycles. The largest absolute Gasteiger partial charge is 0.383 e. The SMILES string of the molecule is Cc1ccc(-c2nc(C)c(I)c(N)n2)cc1Cl. The average Bonchev–Trinajstić information content (AvgIpc) is 2.29. The maximum absolute atomic E-state index is 6.09. The van der Waals surface area contributed by atoms with Gasteiger partial charge in [-0.2, -0.15) is 0 Å². The Bertz CT molecular complexity index is 561. The molecule has 0 aliphatic carbocycles. The summed E-state index contributed by atoms with van der Waals surface area (Å²) in [4.78, 5) is 8.69. The lowest BCUT2D eigenvalue weighted by Gasteiger charge is -2.07. The number of aromatic nitrogens is 2. The van der Waals surface area contributed by atoms with Crippen LogP contribution in [0.15, 0.2) is 18.2 Å². The van der Waals surface area contributed by atoms with E-state index in [1.807, 2.05) is 32.0 Å². The number of aryl methyl sites for hydroxylation is 2. The zero-order valence-electron chi connectivity index (χ0n) is 9.46. The third-order valence-corrected chi connectivity index (χ3v) is 4.21. The normalized spacial score (nSPS) is 10.6. The number of benzene rings is 1. The Morgan fingerprint density at radius 1 is 1.24 bits per heavy atom. The molecule has 88 valence electrons. The van der Waals surface area contributed by atoms with E-state index in [1.54, 1.807) is 0 Å². The quantitative estimate of drug-likeness (QED) is 0.792. The van der Waals surface area contributed by atoms with Gasteiger partial charge in [0.15, 0.2) is 5.82 Å². The Balaban J connectivity index is 2.57. The molecule has 3 nitrogen and oxygen atoms in total. The van der Waals surface area contributed by atoms with Gasteiger partial charge in [-0.1, -0.05) is 23.7 Å². The van der Waals surface area contributed by atoms with Crippen LogP contribution in [0.5, 0.6) is 0 Å². The lowest BCUT2D eigenvalue weighted by atomic mass is 10.1. The number of hydrogen-bond acceptors (Lipinski definition) is 3. The van der Waals surface area contributed by atoms with Crippen LogP contribution in [0, 0.1) is 17.4 Å². The first-order valence-corrected chi connectivity index (χ1v) is 6.51. The first-order chi connectivity index (χ1) is 7.99. The summed E-state index contributed by atoms with van der Waals surface area (Å²) >= 11 is 8.23. The van der Waals surface area contributed by atoms with Crippen LogP contribution >= 0.6 is 34.2 Å². The maximum Gasteiger partial charge on any atom is 0.161 e. The molecule has 0 unspecified atom stereocenters. The van der Waals surface area contributed by atoms with E-state index in [0.717, 1.165) is 20.4 Å². The van der Waals surface area contributed by atoms with E-state index in [2.05, 4.69) is 32.6 Å². The fraction of sp³-hybridized carbons (Fsp3) is 0.167. The second-order valence-corrected chi connectivity index (χ2v) is 5.28. The van der Waals surface area contributed by atoms with Crippen molar-refractivity contribution >= 4 is 40.0 Å². The number of hydrogen-bond donors (Lipinski definition) is 1. The molecule has 0 bridgehead atoms. The predicted molar refractivity (Wildman–Crippen MR) is 79.1 cm³/mol. The van der Waals surface area contributed by atoms with Crippen molar-refractivity contribution in [2.45, 2.75) is 13.8 Å². The highest BCUT2D eigenvalue weighted by Gasteiger charge is 2.09. The van der Waals surface area contributed by atoms with Crippen LogP contribution in [0.3, 0.4) is 0 Å². The maximum atomic E-state index is 6.09. The molecule has 0 radical (unpaired) electrons. The number of nitrogens with two attached hydrogens (primary N) is 1. The molecular formula is C12H11ClIN3. The van der Waals surface area contributed by atoms with E-state index in [0.29, 0.717) is 16.7 Å². The monoisotopic (exact) mass is 359 g/mol. The summed E-state index contributed by atoms with van der Waals surface area (Å²) in [7, 11) is 0. The van der Waals surface area contributed by atoms with E-state index < -0.39 is 0 Å². The molecule has 0 aliphatic heterocycles. The summed E-state index contributed by atoms with van der Waals surface area (Å²) < 4.78 is 0.893. The van der Waals surface area contributed by atoms with Gasteiger partial charge in [0, 0.05) is 10.6 Å². The Labute approximate surface area is 119 Å². The van der Waals surface area contributed by atoms with Crippen LogP contribution in [0.2, 0.25) is 5.02 Å². The van der Waals surface area contributed by atoms with Crippen LogP contribution < -0.4 is 5.73 Å². The molecule has 0 saturated heterocycles. The molecule has 0 spiro atoms. The minimum absolute atomic E-state index is 0.504. The molecule has 1 aromatic heterocycles. The Morgan fingerprint density at radius 3 is 2.53 bits per heavy atom. The topological polar surface area (TPSA) is 51.8 Å². The fourth-order valence-electron chi connectivity index (χ4n) is 1.44. The van der Waals surface area contributed by atoms with Crippen molar-refractivity contribution in [1.82, 2.24) is 9.97 Å². The van der Waals surface area contributed by atoms with Crippen molar-refractivity contribution in [3.8, 4) is 11.4 Å². The zero-order chi connectivity index (χ0) is 12.6. The summed E-state index contributed by atoms with van der Waals surface area (Å²) in [5.74, 6) is 1.12. The van der Waals surface area contributed by atoms with Crippen molar-refractivity contribution in [3.05, 3.63) is 38.0 Å². The van der Waals surface area contributed by atoms with Gasteiger partial charge >= 0.3 is 0 Å². The van der Waals surface area contributed by atoms with Gasteiger partial charge in [-0.3, -0.25) is 0 Å². The summed E-state index contributed by atoms with van der Waals surface area (Å²) in [5, 5.41) is 0.709. The first-order valence-electron chi connectivity index (χ1n) is 5.05. The average molecular weight is 360 g/mol. The van der Waals surface area contributed by atoms with E-state index in [4.69, 9.17) is 17.3 Å². The van der Waals surface area contributed by atoms with Gasteiger partial charge in [-0.05, 0) is 48.1 Å². The highest BCUT2D eigenvalue weighted by molar-refractivity contribution is 14.1. The van der Waals surface area contributed by atoms with E-state index in [-0.39, 0.29) is 0 Å². The van der Waals surface area contributed by atoms with Crippen LogP contribution in [0.4, 0.5) is 5.82 Å². The molecule has 2 aromatic rings. The fourth-order valence-corrected chi connectivity index (χ4v) is 1.86. The third-order valence-electron chi connectivity index (χ3n) is 2.47. The molecular weight excluding hydrogens is 349 g/mol. The number of nitrogens with zero attached hydrogens (tertiary/aromatic N) is 2. The number of halogens is 2. The summed E-state index contributed by atoms with van der Waals surface area (Å²) in [6.45, 7) is 3.87. The van der Waals surface area contributed by atoms with Gasteiger partial charge in [-0.25, -0.2) is 9.97 Å². The van der Waals surface area contributed by atoms with Crippen molar-refractivity contribution in [2.75, 3.05) is 5.73 Å². The Morgan fingerprint density at radius 2 is 1.94 bits per heavy atom. The molecule has 0 aliphatic rings. The summed E-state index contributed by atoms with van der Waals surface area (Å²) in [6, 6.07) is 5.75. The number of rotatable bonds is 1. The smallest absolute Gasteiger partial charge is 0.161 e. The summed E-state index contributed by atoms with van der Waals surface area (Å²) in [6.07, 6.45) is 0. The molecule has 0 amide bonds. The van der Waals surface area contributed by atoms with Gasteiger partial charge in [0.05, 0.1) is 9.26 Å². The van der Waals surface area contributed by atoms with Gasteiger partial charge in [0.25, 0.3) is 0 Å². The Kier molecular flexibility index (Phi) is 3.53. The Hall–Kier alpha value is -0.880. The first kappa shape index (κ1) is 12.6. The van der Waals surface area contributed by atoms with Gasteiger partial charge in [-0.15, -0.1) is 0 Å². The highest BCUT2D eigenvalue weighted by Crippen LogP contribution is 2.25. The lowest BCUT2D eigenvalue weighted by molar-refractivity contribution is 1.10. The van der Waals surface area contributed by atoms with Crippen LogP contribution in [-0.2, 0) is 0 Å². The molecule has 2 rings (SSSR count). The predicted octanol–water partition coefficient (Wildman–Crippen LogP) is 3.60. The molecule has 1 aromatic carbocycles. The minimum atomic E-state index is 0.504. The molecule has 17 heavy (non-hydrogen) atoms. The van der Waals surface area contributed by atoms with Crippen molar-refractivity contribution in [1.29, 1.82) is 0 Å². The standard InChI is InChI=1S/C12H11ClIN3/c1-6-3-4-8(5-9(6)13)12-16-7(2)10(14)11(15)17-12/h3-5H,1-2H3,(H2,15,16,17). The lowest BCUT2D eigenvalue weighted by Crippen LogP contribution is -2.02. The molecule has 0 fully saturated rings. The molecule has 5 heteroatoms. The van der Waals surface area contributed by atoms with Gasteiger partial charge < -0.3 is 5.73 Å². The van der Waals surface area contributed by atoms with Crippen LogP contribution in [-0.4, -0.2) is 9.97 Å². The molecule has 1 heterocycles. The zero-order valence-corrected chi connectivity index (χ0v) is 12.4. The molecule has 0 atom stereocenters. The minimum Gasteiger partial charge on any atom is -0.383 e. The number of nitrogen functional groups attached to an aromatic ring is 1. The van der Waals surface area contributed by atoms with E-state index in [1.165, 1.54) is 0 Å². The molecule has 2 N–H and O–H groups in total. The second-order valence-electron chi connectivity index (χ2n) is 3.80. The number of anilines is 1. The van der Waals surface area contributed by atoms with Crippen molar-refractivity contribution < 1.29 is 0 Å². The van der Waals surface area contributed by atoms with Gasteiger partial charge in [0.1, 0.15) is 5.82 Å². The van der Waals surface area contributed by atoms with Crippen molar-refractivity contribution in [2.24, 2.45) is 0 Å².